The topological polar surface area (TPSA) is 107 Å². The molecule has 0 unspecified atom stereocenters. The Kier molecular flexibility index (Phi) is 8.29. The van der Waals surface area contributed by atoms with Crippen LogP contribution in [0.1, 0.15) is 43.6 Å². The van der Waals surface area contributed by atoms with Crippen molar-refractivity contribution in [2.45, 2.75) is 57.6 Å². The number of rotatable bonds is 6. The zero-order chi connectivity index (χ0) is 26.7. The minimum atomic E-state index is -1.20. The quantitative estimate of drug-likeness (QED) is 0.318. The molecule has 2 aliphatic rings. The molecule has 0 spiro atoms. The minimum Gasteiger partial charge on any atom is -0.486 e. The predicted octanol–water partition coefficient (Wildman–Crippen LogP) is 3.06. The molecule has 5 atom stereocenters. The first-order chi connectivity index (χ1) is 17.6. The molecule has 1 fully saturated rings. The number of esters is 3. The molecule has 0 N–H and O–H groups in total. The van der Waals surface area contributed by atoms with E-state index in [0.29, 0.717) is 41.7 Å². The molecule has 2 radical (unpaired) electrons. The average Bonchev–Trinajstić information content (AvgIpc) is 2.83. The number of fused-ring (bicyclic) bond motifs is 1. The summed E-state index contributed by atoms with van der Waals surface area (Å²) in [5.74, 6) is -0.619. The van der Waals surface area contributed by atoms with Crippen molar-refractivity contribution in [1.82, 2.24) is 0 Å². The Hall–Kier alpha value is -3.24. The van der Waals surface area contributed by atoms with Gasteiger partial charge < -0.3 is 28.4 Å². The van der Waals surface area contributed by atoms with Gasteiger partial charge in [-0.15, -0.1) is 0 Å². The lowest BCUT2D eigenvalue weighted by Crippen LogP contribution is -2.58. The summed E-state index contributed by atoms with van der Waals surface area (Å²) >= 11 is 6.52. The van der Waals surface area contributed by atoms with Gasteiger partial charge in [-0.25, -0.2) is 0 Å². The lowest BCUT2D eigenvalue weighted by molar-refractivity contribution is -0.235. The van der Waals surface area contributed by atoms with Gasteiger partial charge in [0.25, 0.3) is 0 Å². The van der Waals surface area contributed by atoms with E-state index in [1.54, 1.807) is 12.1 Å². The summed E-state index contributed by atoms with van der Waals surface area (Å²) in [6.07, 6.45) is -4.01. The van der Waals surface area contributed by atoms with E-state index >= 15 is 0 Å². The largest absolute Gasteiger partial charge is 0.486 e. The zero-order valence-electron chi connectivity index (χ0n) is 20.6. The highest BCUT2D eigenvalue weighted by Crippen LogP contribution is 2.38. The molecule has 0 aliphatic carbocycles. The number of hydrogen-bond donors (Lipinski definition) is 0. The highest BCUT2D eigenvalue weighted by molar-refractivity contribution is 6.31. The van der Waals surface area contributed by atoms with E-state index in [4.69, 9.17) is 47.9 Å². The molecule has 0 saturated carbocycles. The third-order valence-electron chi connectivity index (χ3n) is 5.88. The van der Waals surface area contributed by atoms with E-state index in [9.17, 15) is 14.4 Å². The van der Waals surface area contributed by atoms with Crippen LogP contribution in [0.4, 0.5) is 0 Å². The maximum atomic E-state index is 12.0. The first-order valence-corrected chi connectivity index (χ1v) is 12.1. The number of carbonyl (C=O) groups excluding carboxylic acids is 3. The van der Waals surface area contributed by atoms with E-state index in [0.717, 1.165) is 11.1 Å². The molecule has 2 heterocycles. The van der Waals surface area contributed by atoms with Crippen LogP contribution in [0.5, 0.6) is 11.5 Å². The van der Waals surface area contributed by atoms with Crippen LogP contribution in [0.2, 0.25) is 5.02 Å². The number of carbonyl (C=O) groups is 3. The van der Waals surface area contributed by atoms with Gasteiger partial charge in [-0.1, -0.05) is 29.8 Å². The molecule has 37 heavy (non-hydrogen) atoms. The molecule has 2 aromatic carbocycles. The molecule has 9 nitrogen and oxygen atoms in total. The molecule has 4 rings (SSSR count). The summed E-state index contributed by atoms with van der Waals surface area (Å²) in [4.78, 5) is 35.6. The molecular weight excluding hydrogens is 503 g/mol. The van der Waals surface area contributed by atoms with Crippen molar-refractivity contribution in [3.05, 3.63) is 58.1 Å². The second-order valence-electron chi connectivity index (χ2n) is 8.75. The molecule has 0 amide bonds. The molecule has 2 aromatic rings. The normalized spacial score (nSPS) is 24.6. The van der Waals surface area contributed by atoms with Crippen LogP contribution in [0.25, 0.3) is 0 Å². The first kappa shape index (κ1) is 26.8. The van der Waals surface area contributed by atoms with Gasteiger partial charge >= 0.3 is 17.9 Å². The highest BCUT2D eigenvalue weighted by Gasteiger charge is 2.50. The second kappa shape index (κ2) is 11.4. The summed E-state index contributed by atoms with van der Waals surface area (Å²) in [6, 6.07) is 9.72. The van der Waals surface area contributed by atoms with Crippen molar-refractivity contribution in [3.8, 4) is 11.5 Å². The summed E-state index contributed by atoms with van der Waals surface area (Å²) in [5.41, 5.74) is 2.28. The Balaban J connectivity index is 1.67. The molecule has 0 aromatic heterocycles. The van der Waals surface area contributed by atoms with Crippen molar-refractivity contribution in [3.63, 3.8) is 0 Å². The lowest BCUT2D eigenvalue weighted by atomic mass is 9.82. The number of ether oxygens (including phenoxy) is 6. The summed E-state index contributed by atoms with van der Waals surface area (Å²) in [7, 11) is 6.19. The Morgan fingerprint density at radius 3 is 2.16 bits per heavy atom. The Bertz CT molecular complexity index is 1190. The van der Waals surface area contributed by atoms with Crippen LogP contribution >= 0.6 is 11.6 Å². The molecular formula is C26H26BClO9. The third-order valence-corrected chi connectivity index (χ3v) is 6.25. The molecule has 194 valence electrons. The third kappa shape index (κ3) is 6.37. The van der Waals surface area contributed by atoms with Crippen molar-refractivity contribution in [2.24, 2.45) is 0 Å². The van der Waals surface area contributed by atoms with Gasteiger partial charge in [0.15, 0.2) is 29.8 Å². The second-order valence-corrected chi connectivity index (χ2v) is 9.16. The SMILES string of the molecule is [B][C@@H]1O[C@@H](c2ccc(Cl)c(Cc3ccc4c(c3)OCCO4)c2)[C@H](OC(C)=O)[C@@H](OC(C)=O)[C@@H]1OC(C)=O. The Morgan fingerprint density at radius 1 is 0.865 bits per heavy atom. The first-order valence-electron chi connectivity index (χ1n) is 11.7. The van der Waals surface area contributed by atoms with Crippen molar-refractivity contribution < 1.29 is 42.8 Å². The molecule has 0 bridgehead atoms. The maximum Gasteiger partial charge on any atom is 0.303 e. The van der Waals surface area contributed by atoms with Crippen LogP contribution in [0.15, 0.2) is 36.4 Å². The zero-order valence-corrected chi connectivity index (χ0v) is 21.4. The number of hydrogen-bond acceptors (Lipinski definition) is 9. The van der Waals surface area contributed by atoms with Gasteiger partial charge in [0, 0.05) is 25.8 Å². The monoisotopic (exact) mass is 528 g/mol. The fraction of sp³-hybridized carbons (Fsp3) is 0.423. The van der Waals surface area contributed by atoms with Gasteiger partial charge in [-0.05, 0) is 41.3 Å². The highest BCUT2D eigenvalue weighted by atomic mass is 35.5. The summed E-state index contributed by atoms with van der Waals surface area (Å²) in [6.45, 7) is 4.57. The van der Waals surface area contributed by atoms with E-state index in [1.807, 2.05) is 24.3 Å². The van der Waals surface area contributed by atoms with Gasteiger partial charge in [0.2, 0.25) is 0 Å². The number of benzene rings is 2. The fourth-order valence-corrected chi connectivity index (χ4v) is 4.62. The van der Waals surface area contributed by atoms with Crippen LogP contribution in [-0.2, 0) is 39.8 Å². The van der Waals surface area contributed by atoms with Crippen molar-refractivity contribution >= 4 is 37.4 Å². The number of halogens is 1. The smallest absolute Gasteiger partial charge is 0.303 e. The van der Waals surface area contributed by atoms with E-state index < -0.39 is 48.3 Å². The van der Waals surface area contributed by atoms with Crippen molar-refractivity contribution in [1.29, 1.82) is 0 Å². The van der Waals surface area contributed by atoms with Crippen LogP contribution < -0.4 is 9.47 Å². The average molecular weight is 529 g/mol. The summed E-state index contributed by atoms with van der Waals surface area (Å²) in [5, 5.41) is 0.511. The van der Waals surface area contributed by atoms with Gasteiger partial charge in [-0.2, -0.15) is 0 Å². The van der Waals surface area contributed by atoms with Gasteiger partial charge in [0.1, 0.15) is 27.2 Å². The Morgan fingerprint density at radius 2 is 1.49 bits per heavy atom. The van der Waals surface area contributed by atoms with E-state index in [-0.39, 0.29) is 0 Å². The van der Waals surface area contributed by atoms with Crippen LogP contribution in [0, 0.1) is 0 Å². The fourth-order valence-electron chi connectivity index (χ4n) is 4.44. The summed E-state index contributed by atoms with van der Waals surface area (Å²) < 4.78 is 33.5. The maximum absolute atomic E-state index is 12.0. The standard InChI is InChI=1S/C26H26BClO9/c1-13(29)34-23-22(37-26(27)25(36-15(3)31)24(23)35-14(2)30)17-5-6-19(28)18(12-17)10-16-4-7-20-21(11-16)33-9-8-32-20/h4-7,11-12,22-26H,8-10H2,1-3H3/t22-,23-,24+,25-,26+/m0/s1. The van der Waals surface area contributed by atoms with Gasteiger partial charge in [-0.3, -0.25) is 14.4 Å². The lowest BCUT2D eigenvalue weighted by Gasteiger charge is -2.44. The van der Waals surface area contributed by atoms with Crippen molar-refractivity contribution in [2.75, 3.05) is 13.2 Å². The van der Waals surface area contributed by atoms with E-state index in [2.05, 4.69) is 0 Å². The van der Waals surface area contributed by atoms with E-state index in [1.165, 1.54) is 20.8 Å². The minimum absolute atomic E-state index is 0.462. The van der Waals surface area contributed by atoms with Crippen LogP contribution in [0.3, 0.4) is 0 Å². The molecule has 2 aliphatic heterocycles. The van der Waals surface area contributed by atoms with Gasteiger partial charge in [0.05, 0.1) is 6.00 Å². The molecule has 1 saturated heterocycles. The molecule has 11 heteroatoms. The Labute approximate surface area is 220 Å². The van der Waals surface area contributed by atoms with Crippen LogP contribution in [-0.4, -0.2) is 63.3 Å². The predicted molar refractivity (Wildman–Crippen MR) is 132 cm³/mol.